The van der Waals surface area contributed by atoms with Crippen LogP contribution in [0.3, 0.4) is 0 Å². The van der Waals surface area contributed by atoms with Crippen LogP contribution in [0.1, 0.15) is 5.56 Å². The molecule has 0 aliphatic carbocycles. The topological polar surface area (TPSA) is 24.9 Å². The minimum absolute atomic E-state index is 0.527. The van der Waals surface area contributed by atoms with Crippen LogP contribution in [-0.4, -0.2) is 4.98 Å². The molecular formula is C22H16ClIN2. The Hall–Kier alpha value is -2.11. The molecule has 26 heavy (non-hydrogen) atoms. The van der Waals surface area contributed by atoms with Gasteiger partial charge in [-0.15, -0.1) is 0 Å². The van der Waals surface area contributed by atoms with Crippen LogP contribution in [-0.2, 0) is 6.54 Å². The van der Waals surface area contributed by atoms with Crippen molar-refractivity contribution in [2.24, 2.45) is 0 Å². The van der Waals surface area contributed by atoms with Crippen molar-refractivity contribution in [2.45, 2.75) is 6.54 Å². The summed E-state index contributed by atoms with van der Waals surface area (Å²) in [5, 5.41) is 6.22. The quantitative estimate of drug-likeness (QED) is 0.263. The summed E-state index contributed by atoms with van der Waals surface area (Å²) in [5.74, 6) is 0.814. The van der Waals surface area contributed by atoms with Crippen molar-refractivity contribution in [3.63, 3.8) is 0 Å². The molecular weight excluding hydrogens is 455 g/mol. The molecule has 2 nitrogen and oxygen atoms in total. The van der Waals surface area contributed by atoms with Crippen molar-refractivity contribution in [1.82, 2.24) is 4.98 Å². The third kappa shape index (κ3) is 3.41. The van der Waals surface area contributed by atoms with Gasteiger partial charge in [-0.25, -0.2) is 4.98 Å². The van der Waals surface area contributed by atoms with Gasteiger partial charge < -0.3 is 5.32 Å². The molecule has 3 aromatic carbocycles. The summed E-state index contributed by atoms with van der Waals surface area (Å²) in [5.41, 5.74) is 3.52. The molecule has 0 saturated heterocycles. The third-order valence-electron chi connectivity index (χ3n) is 4.32. The van der Waals surface area contributed by atoms with Crippen LogP contribution in [0.5, 0.6) is 0 Å². The number of fused-ring (bicyclic) bond motifs is 1. The Morgan fingerprint density at radius 1 is 0.846 bits per heavy atom. The van der Waals surface area contributed by atoms with E-state index in [1.165, 1.54) is 11.1 Å². The highest BCUT2D eigenvalue weighted by Gasteiger charge is 2.15. The first kappa shape index (κ1) is 17.3. The minimum atomic E-state index is 0.527. The van der Waals surface area contributed by atoms with Gasteiger partial charge in [-0.1, -0.05) is 90.5 Å². The largest absolute Gasteiger partial charge is 0.365 e. The van der Waals surface area contributed by atoms with Crippen LogP contribution in [0.2, 0.25) is 5.15 Å². The molecule has 0 unspecified atom stereocenters. The molecule has 4 rings (SSSR count). The lowest BCUT2D eigenvalue weighted by Gasteiger charge is -2.15. The molecule has 1 heterocycles. The van der Waals surface area contributed by atoms with Crippen molar-refractivity contribution in [1.29, 1.82) is 0 Å². The lowest BCUT2D eigenvalue weighted by Crippen LogP contribution is -2.04. The van der Waals surface area contributed by atoms with Crippen LogP contribution < -0.4 is 5.32 Å². The van der Waals surface area contributed by atoms with Gasteiger partial charge in [-0.2, -0.15) is 0 Å². The van der Waals surface area contributed by atoms with Gasteiger partial charge >= 0.3 is 0 Å². The van der Waals surface area contributed by atoms with E-state index in [9.17, 15) is 0 Å². The van der Waals surface area contributed by atoms with Gasteiger partial charge in [0.1, 0.15) is 11.0 Å². The average molecular weight is 471 g/mol. The maximum absolute atomic E-state index is 6.41. The molecule has 4 aromatic rings. The summed E-state index contributed by atoms with van der Waals surface area (Å²) in [6.45, 7) is 0.697. The molecule has 1 N–H and O–H groups in total. The Morgan fingerprint density at radius 2 is 1.54 bits per heavy atom. The smallest absolute Gasteiger partial charge is 0.145 e. The van der Waals surface area contributed by atoms with Gasteiger partial charge in [0.05, 0.1) is 3.57 Å². The first-order valence-electron chi connectivity index (χ1n) is 8.35. The van der Waals surface area contributed by atoms with Crippen molar-refractivity contribution < 1.29 is 0 Å². The summed E-state index contributed by atoms with van der Waals surface area (Å²) in [4.78, 5) is 4.65. The van der Waals surface area contributed by atoms with E-state index in [0.717, 1.165) is 25.7 Å². The second-order valence-corrected chi connectivity index (χ2v) is 7.44. The maximum Gasteiger partial charge on any atom is 0.145 e. The molecule has 0 spiro atoms. The zero-order valence-corrected chi connectivity index (χ0v) is 16.8. The lowest BCUT2D eigenvalue weighted by atomic mass is 9.99. The normalized spacial score (nSPS) is 10.8. The summed E-state index contributed by atoms with van der Waals surface area (Å²) < 4.78 is 0.974. The molecule has 0 atom stereocenters. The molecule has 0 aliphatic rings. The van der Waals surface area contributed by atoms with Crippen LogP contribution >= 0.6 is 34.2 Å². The Balaban J connectivity index is 1.87. The molecule has 0 amide bonds. The van der Waals surface area contributed by atoms with Crippen LogP contribution in [0.15, 0.2) is 78.9 Å². The number of hydrogen-bond donors (Lipinski definition) is 1. The van der Waals surface area contributed by atoms with E-state index in [1.54, 1.807) is 0 Å². The summed E-state index contributed by atoms with van der Waals surface area (Å²) >= 11 is 8.69. The van der Waals surface area contributed by atoms with Crippen molar-refractivity contribution in [3.05, 3.63) is 93.1 Å². The number of hydrogen-bond acceptors (Lipinski definition) is 2. The van der Waals surface area contributed by atoms with Crippen LogP contribution in [0, 0.1) is 3.57 Å². The molecule has 1 aromatic heterocycles. The highest BCUT2D eigenvalue weighted by molar-refractivity contribution is 14.1. The zero-order valence-electron chi connectivity index (χ0n) is 13.9. The second kappa shape index (κ2) is 7.64. The van der Waals surface area contributed by atoms with E-state index in [0.29, 0.717) is 11.7 Å². The summed E-state index contributed by atoms with van der Waals surface area (Å²) in [6, 6.07) is 27.0. The highest BCUT2D eigenvalue weighted by Crippen LogP contribution is 2.37. The summed E-state index contributed by atoms with van der Waals surface area (Å²) in [6.07, 6.45) is 0. The predicted octanol–water partition coefficient (Wildman–Crippen LogP) is 6.77. The van der Waals surface area contributed by atoms with Gasteiger partial charge in [0.25, 0.3) is 0 Å². The second-order valence-electron chi connectivity index (χ2n) is 6.00. The lowest BCUT2D eigenvalue weighted by molar-refractivity contribution is 1.12. The monoisotopic (exact) mass is 470 g/mol. The average Bonchev–Trinajstić information content (AvgIpc) is 2.70. The molecule has 0 bridgehead atoms. The van der Waals surface area contributed by atoms with Crippen molar-refractivity contribution >= 4 is 50.8 Å². The van der Waals surface area contributed by atoms with Gasteiger partial charge in [0, 0.05) is 17.3 Å². The molecule has 0 aliphatic heterocycles. The summed E-state index contributed by atoms with van der Waals surface area (Å²) in [7, 11) is 0. The van der Waals surface area contributed by atoms with E-state index in [4.69, 9.17) is 11.6 Å². The van der Waals surface area contributed by atoms with Gasteiger partial charge in [0.15, 0.2) is 0 Å². The van der Waals surface area contributed by atoms with Crippen molar-refractivity contribution in [2.75, 3.05) is 5.32 Å². The van der Waals surface area contributed by atoms with Crippen molar-refractivity contribution in [3.8, 4) is 11.1 Å². The van der Waals surface area contributed by atoms with E-state index < -0.39 is 0 Å². The van der Waals surface area contributed by atoms with Crippen LogP contribution in [0.4, 0.5) is 5.82 Å². The Labute approximate surface area is 171 Å². The number of benzene rings is 3. The Morgan fingerprint density at radius 3 is 2.27 bits per heavy atom. The fraction of sp³-hybridized carbons (Fsp3) is 0.0455. The fourth-order valence-electron chi connectivity index (χ4n) is 3.07. The van der Waals surface area contributed by atoms with Gasteiger partial charge in [-0.05, 0) is 39.3 Å². The highest BCUT2D eigenvalue weighted by atomic mass is 127. The predicted molar refractivity (Wildman–Crippen MR) is 119 cm³/mol. The molecule has 4 heteroatoms. The van der Waals surface area contributed by atoms with E-state index in [2.05, 4.69) is 87.5 Å². The van der Waals surface area contributed by atoms with E-state index in [1.807, 2.05) is 24.3 Å². The first-order valence-corrected chi connectivity index (χ1v) is 9.80. The number of pyridine rings is 1. The van der Waals surface area contributed by atoms with Gasteiger partial charge in [-0.3, -0.25) is 0 Å². The standard InChI is InChI=1S/C22H16ClIN2/c23-21-20(24)18-13-7-12-17(16-10-5-2-6-11-16)19(18)22(26-21)25-14-15-8-3-1-4-9-15/h1-13H,14H2,(H,25,26). The molecule has 0 radical (unpaired) electrons. The van der Waals surface area contributed by atoms with E-state index >= 15 is 0 Å². The number of rotatable bonds is 4. The number of nitrogens with zero attached hydrogens (tertiary/aromatic N) is 1. The number of nitrogens with one attached hydrogen (secondary N) is 1. The number of halogens is 2. The fourth-order valence-corrected chi connectivity index (χ4v) is 3.83. The third-order valence-corrected chi connectivity index (χ3v) is 6.00. The molecule has 0 fully saturated rings. The maximum atomic E-state index is 6.41. The zero-order chi connectivity index (χ0) is 17.9. The minimum Gasteiger partial charge on any atom is -0.365 e. The van der Waals surface area contributed by atoms with Gasteiger partial charge in [0.2, 0.25) is 0 Å². The number of anilines is 1. The first-order chi connectivity index (χ1) is 12.7. The van der Waals surface area contributed by atoms with E-state index in [-0.39, 0.29) is 0 Å². The van der Waals surface area contributed by atoms with Crippen LogP contribution in [0.25, 0.3) is 21.9 Å². The SMILES string of the molecule is Clc1nc(NCc2ccccc2)c2c(-c3ccccc3)cccc2c1I. The Bertz CT molecular complexity index is 1050. The molecule has 0 saturated carbocycles. The molecule has 128 valence electrons. The number of aromatic nitrogens is 1. The Kier molecular flexibility index (Phi) is 5.09.